The van der Waals surface area contributed by atoms with E-state index >= 15 is 0 Å². The second-order valence-corrected chi connectivity index (χ2v) is 6.31. The molecule has 98 valence electrons. The maximum Gasteiger partial charge on any atom is 0.141 e. The molecule has 1 heterocycles. The monoisotopic (exact) mass is 253 g/mol. The molecule has 0 amide bonds. The fourth-order valence-corrected chi connectivity index (χ4v) is 4.06. The first-order valence-electron chi connectivity index (χ1n) is 7.36. The van der Waals surface area contributed by atoms with Gasteiger partial charge in [0, 0.05) is 16.5 Å². The Bertz CT molecular complexity index is 612. The maximum absolute atomic E-state index is 10.00. The summed E-state index contributed by atoms with van der Waals surface area (Å²) < 4.78 is 0. The second kappa shape index (κ2) is 3.96. The summed E-state index contributed by atoms with van der Waals surface area (Å²) in [4.78, 5) is 4.82. The molecule has 1 N–H and O–H groups in total. The third-order valence-corrected chi connectivity index (χ3v) is 5.34. The summed E-state index contributed by atoms with van der Waals surface area (Å²) in [5.74, 6) is 1.27. The average molecular weight is 253 g/mol. The van der Waals surface area contributed by atoms with Gasteiger partial charge in [-0.25, -0.2) is 4.98 Å². The highest BCUT2D eigenvalue weighted by atomic mass is 16.3. The summed E-state index contributed by atoms with van der Waals surface area (Å²) in [5, 5.41) is 11.0. The number of benzene rings is 1. The number of fused-ring (bicyclic) bond motifs is 4. The van der Waals surface area contributed by atoms with Crippen molar-refractivity contribution >= 4 is 10.9 Å². The molecular formula is C17H19NO. The topological polar surface area (TPSA) is 33.1 Å². The molecule has 3 saturated carbocycles. The summed E-state index contributed by atoms with van der Waals surface area (Å²) in [7, 11) is 0. The van der Waals surface area contributed by atoms with Crippen LogP contribution in [0, 0.1) is 5.92 Å². The van der Waals surface area contributed by atoms with E-state index in [1.165, 1.54) is 44.2 Å². The number of nitrogens with zero attached hydrogens (tertiary/aromatic N) is 1. The zero-order chi connectivity index (χ0) is 12.9. The summed E-state index contributed by atoms with van der Waals surface area (Å²) in [6.45, 7) is 0. The van der Waals surface area contributed by atoms with Crippen LogP contribution in [0.1, 0.15) is 44.2 Å². The maximum atomic E-state index is 10.00. The van der Waals surface area contributed by atoms with E-state index in [4.69, 9.17) is 4.98 Å². The van der Waals surface area contributed by atoms with Gasteiger partial charge in [-0.15, -0.1) is 0 Å². The molecular weight excluding hydrogens is 234 g/mol. The molecule has 2 heteroatoms. The van der Waals surface area contributed by atoms with Gasteiger partial charge in [-0.05, 0) is 56.6 Å². The number of aromatic nitrogens is 1. The molecule has 0 atom stereocenters. The van der Waals surface area contributed by atoms with Gasteiger partial charge in [0.1, 0.15) is 11.3 Å². The minimum atomic E-state index is 0.297. The van der Waals surface area contributed by atoms with Crippen molar-refractivity contribution < 1.29 is 5.11 Å². The van der Waals surface area contributed by atoms with Gasteiger partial charge in [0.2, 0.25) is 0 Å². The lowest BCUT2D eigenvalue weighted by Crippen LogP contribution is -2.38. The van der Waals surface area contributed by atoms with Gasteiger partial charge in [-0.3, -0.25) is 0 Å². The van der Waals surface area contributed by atoms with Crippen molar-refractivity contribution in [3.8, 4) is 5.75 Å². The number of aromatic hydroxyl groups is 1. The van der Waals surface area contributed by atoms with Crippen molar-refractivity contribution in [1.82, 2.24) is 4.98 Å². The van der Waals surface area contributed by atoms with Gasteiger partial charge in [-0.2, -0.15) is 0 Å². The Kier molecular flexibility index (Phi) is 2.35. The zero-order valence-electron chi connectivity index (χ0n) is 11.1. The Morgan fingerprint density at radius 1 is 1.00 bits per heavy atom. The number of hydrogen-bond donors (Lipinski definition) is 1. The van der Waals surface area contributed by atoms with E-state index in [9.17, 15) is 5.11 Å². The molecule has 2 nitrogen and oxygen atoms in total. The average Bonchev–Trinajstić information content (AvgIpc) is 2.49. The number of para-hydroxylation sites is 1. The van der Waals surface area contributed by atoms with Crippen molar-refractivity contribution in [2.24, 2.45) is 5.92 Å². The lowest BCUT2D eigenvalue weighted by Gasteiger charge is -2.46. The van der Waals surface area contributed by atoms with Crippen LogP contribution >= 0.6 is 0 Å². The molecule has 3 fully saturated rings. The van der Waals surface area contributed by atoms with Crippen molar-refractivity contribution in [2.75, 3.05) is 0 Å². The minimum absolute atomic E-state index is 0.297. The molecule has 3 aliphatic carbocycles. The van der Waals surface area contributed by atoms with Gasteiger partial charge in [0.25, 0.3) is 0 Å². The van der Waals surface area contributed by atoms with E-state index in [-0.39, 0.29) is 0 Å². The molecule has 2 bridgehead atoms. The molecule has 0 unspecified atom stereocenters. The molecule has 2 aromatic rings. The Morgan fingerprint density at radius 2 is 1.74 bits per heavy atom. The number of phenols is 1. The lowest BCUT2D eigenvalue weighted by atomic mass is 9.59. The van der Waals surface area contributed by atoms with Crippen LogP contribution < -0.4 is 0 Å². The SMILES string of the molecule is Oc1cccc2ccc(C34CCC(CC3)CC4)nc12. The highest BCUT2D eigenvalue weighted by molar-refractivity contribution is 5.84. The Labute approximate surface area is 113 Å². The quantitative estimate of drug-likeness (QED) is 0.827. The largest absolute Gasteiger partial charge is 0.506 e. The summed E-state index contributed by atoms with van der Waals surface area (Å²) in [6, 6.07) is 9.93. The van der Waals surface area contributed by atoms with E-state index in [2.05, 4.69) is 12.1 Å². The van der Waals surface area contributed by atoms with Gasteiger partial charge >= 0.3 is 0 Å². The molecule has 0 spiro atoms. The predicted octanol–water partition coefficient (Wildman–Crippen LogP) is 4.16. The molecule has 5 rings (SSSR count). The lowest BCUT2D eigenvalue weighted by molar-refractivity contribution is 0.132. The van der Waals surface area contributed by atoms with E-state index in [1.54, 1.807) is 6.07 Å². The van der Waals surface area contributed by atoms with Crippen LogP contribution in [0.2, 0.25) is 0 Å². The first-order chi connectivity index (χ1) is 9.27. The third-order valence-electron chi connectivity index (χ3n) is 5.34. The molecule has 3 aliphatic rings. The van der Waals surface area contributed by atoms with Crippen molar-refractivity contribution in [3.63, 3.8) is 0 Å². The van der Waals surface area contributed by atoms with Crippen LogP contribution in [-0.2, 0) is 5.41 Å². The summed E-state index contributed by atoms with van der Waals surface area (Å²) in [5.41, 5.74) is 2.27. The highest BCUT2D eigenvalue weighted by Crippen LogP contribution is 2.51. The number of phenolic OH excluding ortho intramolecular Hbond substituents is 1. The van der Waals surface area contributed by atoms with E-state index in [1.807, 2.05) is 12.1 Å². The van der Waals surface area contributed by atoms with E-state index in [0.29, 0.717) is 11.2 Å². The van der Waals surface area contributed by atoms with Gasteiger partial charge < -0.3 is 5.11 Å². The summed E-state index contributed by atoms with van der Waals surface area (Å²) in [6.07, 6.45) is 7.93. The van der Waals surface area contributed by atoms with Gasteiger partial charge in [-0.1, -0.05) is 18.2 Å². The van der Waals surface area contributed by atoms with Crippen molar-refractivity contribution in [3.05, 3.63) is 36.0 Å². The number of pyridine rings is 1. The number of hydrogen-bond acceptors (Lipinski definition) is 2. The molecule has 0 aliphatic heterocycles. The standard InChI is InChI=1S/C17H19NO/c19-14-3-1-2-13-4-5-15(18-16(13)14)17-9-6-12(7-10-17)8-11-17/h1-5,12,19H,6-11H2. The normalized spacial score (nSPS) is 29.8. The minimum Gasteiger partial charge on any atom is -0.506 e. The molecule has 1 aromatic carbocycles. The van der Waals surface area contributed by atoms with Gasteiger partial charge in [0.05, 0.1) is 0 Å². The predicted molar refractivity (Wildman–Crippen MR) is 76.3 cm³/mol. The Morgan fingerprint density at radius 3 is 2.47 bits per heavy atom. The van der Waals surface area contributed by atoms with Crippen molar-refractivity contribution in [1.29, 1.82) is 0 Å². The van der Waals surface area contributed by atoms with Gasteiger partial charge in [0.15, 0.2) is 0 Å². The zero-order valence-corrected chi connectivity index (χ0v) is 11.1. The van der Waals surface area contributed by atoms with Crippen LogP contribution in [0.3, 0.4) is 0 Å². The van der Waals surface area contributed by atoms with E-state index in [0.717, 1.165) is 16.8 Å². The fraction of sp³-hybridized carbons (Fsp3) is 0.471. The highest BCUT2D eigenvalue weighted by Gasteiger charge is 2.42. The third kappa shape index (κ3) is 1.66. The van der Waals surface area contributed by atoms with Crippen LogP contribution in [0.4, 0.5) is 0 Å². The molecule has 0 saturated heterocycles. The second-order valence-electron chi connectivity index (χ2n) is 6.31. The smallest absolute Gasteiger partial charge is 0.141 e. The van der Waals surface area contributed by atoms with Crippen LogP contribution in [0.5, 0.6) is 5.75 Å². The van der Waals surface area contributed by atoms with E-state index < -0.39 is 0 Å². The van der Waals surface area contributed by atoms with Crippen molar-refractivity contribution in [2.45, 2.75) is 43.9 Å². The molecule has 1 aromatic heterocycles. The van der Waals surface area contributed by atoms with Crippen LogP contribution in [-0.4, -0.2) is 10.1 Å². The first-order valence-corrected chi connectivity index (χ1v) is 7.36. The van der Waals surface area contributed by atoms with Crippen LogP contribution in [0.15, 0.2) is 30.3 Å². The molecule has 19 heavy (non-hydrogen) atoms. The Balaban J connectivity index is 1.85. The first kappa shape index (κ1) is 11.3. The fourth-order valence-electron chi connectivity index (χ4n) is 4.06. The Hall–Kier alpha value is -1.57. The van der Waals surface area contributed by atoms with Crippen LogP contribution in [0.25, 0.3) is 10.9 Å². The summed E-state index contributed by atoms with van der Waals surface area (Å²) >= 11 is 0. The number of rotatable bonds is 1. The molecule has 0 radical (unpaired) electrons.